The minimum absolute atomic E-state index is 0.0526. The van der Waals surface area contributed by atoms with Crippen LogP contribution in [0.3, 0.4) is 0 Å². The maximum absolute atomic E-state index is 12.7. The molecule has 0 atom stereocenters. The standard InChI is InChI=1S/C18H16ClNO3/c1-18(2)17(22)20(11-15(21)12-6-4-3-5-7-12)14-10-13(19)8-9-16(14)23-18/h3-10H,11H2,1-2H3. The molecule has 118 valence electrons. The highest BCUT2D eigenvalue weighted by Gasteiger charge is 2.41. The van der Waals surface area contributed by atoms with Gasteiger partial charge >= 0.3 is 0 Å². The van der Waals surface area contributed by atoms with E-state index in [4.69, 9.17) is 16.3 Å². The van der Waals surface area contributed by atoms with E-state index in [-0.39, 0.29) is 18.2 Å². The van der Waals surface area contributed by atoms with Crippen molar-refractivity contribution in [3.05, 3.63) is 59.1 Å². The Morgan fingerprint density at radius 3 is 2.57 bits per heavy atom. The number of benzene rings is 2. The lowest BCUT2D eigenvalue weighted by Crippen LogP contribution is -2.53. The van der Waals surface area contributed by atoms with E-state index >= 15 is 0 Å². The van der Waals surface area contributed by atoms with Crippen molar-refractivity contribution in [2.24, 2.45) is 0 Å². The molecule has 23 heavy (non-hydrogen) atoms. The summed E-state index contributed by atoms with van der Waals surface area (Å²) in [7, 11) is 0. The SMILES string of the molecule is CC1(C)Oc2ccc(Cl)cc2N(CC(=O)c2ccccc2)C1=O. The van der Waals surface area contributed by atoms with Gasteiger partial charge in [0.25, 0.3) is 5.91 Å². The molecule has 0 saturated heterocycles. The van der Waals surface area contributed by atoms with Gasteiger partial charge in [-0.05, 0) is 32.0 Å². The monoisotopic (exact) mass is 329 g/mol. The van der Waals surface area contributed by atoms with E-state index in [1.54, 1.807) is 56.3 Å². The number of amides is 1. The molecular formula is C18H16ClNO3. The van der Waals surface area contributed by atoms with Crippen molar-refractivity contribution in [3.8, 4) is 5.75 Å². The van der Waals surface area contributed by atoms with E-state index in [9.17, 15) is 9.59 Å². The summed E-state index contributed by atoms with van der Waals surface area (Å²) in [5.74, 6) is 0.138. The summed E-state index contributed by atoms with van der Waals surface area (Å²) in [6, 6.07) is 14.0. The summed E-state index contributed by atoms with van der Waals surface area (Å²) in [5.41, 5.74) is 0.0527. The minimum atomic E-state index is -1.03. The molecule has 2 aromatic rings. The number of hydrogen-bond donors (Lipinski definition) is 0. The lowest BCUT2D eigenvalue weighted by atomic mass is 10.0. The molecule has 1 aliphatic rings. The topological polar surface area (TPSA) is 46.6 Å². The first-order chi connectivity index (χ1) is 10.9. The number of halogens is 1. The third-order valence-corrected chi connectivity index (χ3v) is 3.97. The summed E-state index contributed by atoms with van der Waals surface area (Å²) in [4.78, 5) is 26.6. The van der Waals surface area contributed by atoms with Crippen LogP contribution in [0.4, 0.5) is 5.69 Å². The molecule has 0 bridgehead atoms. The molecule has 0 aromatic heterocycles. The second-order valence-electron chi connectivity index (χ2n) is 5.90. The first-order valence-electron chi connectivity index (χ1n) is 7.27. The van der Waals surface area contributed by atoms with Crippen molar-refractivity contribution in [2.45, 2.75) is 19.4 Å². The first-order valence-corrected chi connectivity index (χ1v) is 7.65. The van der Waals surface area contributed by atoms with Crippen molar-refractivity contribution >= 4 is 29.0 Å². The maximum atomic E-state index is 12.7. The number of nitrogens with zero attached hydrogens (tertiary/aromatic N) is 1. The van der Waals surface area contributed by atoms with E-state index < -0.39 is 5.60 Å². The van der Waals surface area contributed by atoms with Crippen LogP contribution in [-0.4, -0.2) is 23.8 Å². The maximum Gasteiger partial charge on any atom is 0.271 e. The molecule has 1 aliphatic heterocycles. The van der Waals surface area contributed by atoms with Crippen molar-refractivity contribution < 1.29 is 14.3 Å². The van der Waals surface area contributed by atoms with Crippen molar-refractivity contribution in [1.82, 2.24) is 0 Å². The summed E-state index contributed by atoms with van der Waals surface area (Å²) >= 11 is 6.04. The van der Waals surface area contributed by atoms with Crippen LogP contribution < -0.4 is 9.64 Å². The first kappa shape index (κ1) is 15.6. The highest BCUT2D eigenvalue weighted by molar-refractivity contribution is 6.31. The highest BCUT2D eigenvalue weighted by atomic mass is 35.5. The van der Waals surface area contributed by atoms with Crippen LogP contribution in [0.2, 0.25) is 5.02 Å². The Morgan fingerprint density at radius 1 is 1.17 bits per heavy atom. The van der Waals surface area contributed by atoms with E-state index in [0.717, 1.165) is 0 Å². The number of ketones is 1. The number of carbonyl (C=O) groups is 2. The Balaban J connectivity index is 1.98. The average molecular weight is 330 g/mol. The number of carbonyl (C=O) groups excluding carboxylic acids is 2. The number of rotatable bonds is 3. The van der Waals surface area contributed by atoms with Crippen LogP contribution in [0.5, 0.6) is 5.75 Å². The van der Waals surface area contributed by atoms with Crippen molar-refractivity contribution in [1.29, 1.82) is 0 Å². The third-order valence-electron chi connectivity index (χ3n) is 3.73. The number of ether oxygens (including phenoxy) is 1. The molecule has 1 heterocycles. The highest BCUT2D eigenvalue weighted by Crippen LogP contribution is 2.39. The van der Waals surface area contributed by atoms with Gasteiger partial charge in [-0.2, -0.15) is 0 Å². The molecule has 4 nitrogen and oxygen atoms in total. The molecular weight excluding hydrogens is 314 g/mol. The van der Waals surface area contributed by atoms with Crippen molar-refractivity contribution in [3.63, 3.8) is 0 Å². The molecule has 0 N–H and O–H groups in total. The normalized spacial score (nSPS) is 15.8. The molecule has 5 heteroatoms. The van der Waals surface area contributed by atoms with Crippen LogP contribution in [-0.2, 0) is 4.79 Å². The smallest absolute Gasteiger partial charge is 0.271 e. The molecule has 0 aliphatic carbocycles. The zero-order valence-corrected chi connectivity index (χ0v) is 13.6. The van der Waals surface area contributed by atoms with E-state index in [0.29, 0.717) is 22.0 Å². The second kappa shape index (κ2) is 5.70. The van der Waals surface area contributed by atoms with Gasteiger partial charge in [-0.1, -0.05) is 41.9 Å². The quantitative estimate of drug-likeness (QED) is 0.806. The fraction of sp³-hybridized carbons (Fsp3) is 0.222. The van der Waals surface area contributed by atoms with Crippen molar-refractivity contribution in [2.75, 3.05) is 11.4 Å². The summed E-state index contributed by atoms with van der Waals surface area (Å²) < 4.78 is 5.74. The summed E-state index contributed by atoms with van der Waals surface area (Å²) in [6.45, 7) is 3.32. The Bertz CT molecular complexity index is 771. The van der Waals surface area contributed by atoms with Crippen LogP contribution >= 0.6 is 11.6 Å². The van der Waals surface area contributed by atoms with Crippen LogP contribution in [0.15, 0.2) is 48.5 Å². The van der Waals surface area contributed by atoms with Gasteiger partial charge in [0.1, 0.15) is 5.75 Å². The molecule has 0 unspecified atom stereocenters. The number of anilines is 1. The Hall–Kier alpha value is -2.33. The van der Waals surface area contributed by atoms with Crippen LogP contribution in [0.25, 0.3) is 0 Å². The van der Waals surface area contributed by atoms with Gasteiger partial charge in [-0.15, -0.1) is 0 Å². The lowest BCUT2D eigenvalue weighted by Gasteiger charge is -2.38. The predicted molar refractivity (Wildman–Crippen MR) is 89.3 cm³/mol. The van der Waals surface area contributed by atoms with Crippen LogP contribution in [0, 0.1) is 0 Å². The van der Waals surface area contributed by atoms with Gasteiger partial charge in [0.05, 0.1) is 12.2 Å². The zero-order chi connectivity index (χ0) is 16.6. The molecule has 0 radical (unpaired) electrons. The van der Waals surface area contributed by atoms with Gasteiger partial charge in [-0.3, -0.25) is 14.5 Å². The molecule has 3 rings (SSSR count). The van der Waals surface area contributed by atoms with Crippen LogP contribution in [0.1, 0.15) is 24.2 Å². The van der Waals surface area contributed by atoms with Gasteiger partial charge < -0.3 is 4.74 Å². The molecule has 0 saturated carbocycles. The number of fused-ring (bicyclic) bond motifs is 1. The largest absolute Gasteiger partial charge is 0.476 e. The molecule has 0 spiro atoms. The number of hydrogen-bond acceptors (Lipinski definition) is 3. The predicted octanol–water partition coefficient (Wildman–Crippen LogP) is 3.73. The van der Waals surface area contributed by atoms with Gasteiger partial charge in [0.2, 0.25) is 0 Å². The fourth-order valence-corrected chi connectivity index (χ4v) is 2.72. The molecule has 1 amide bonds. The minimum Gasteiger partial charge on any atom is -0.476 e. The molecule has 0 fully saturated rings. The fourth-order valence-electron chi connectivity index (χ4n) is 2.56. The Labute approximate surface area is 139 Å². The second-order valence-corrected chi connectivity index (χ2v) is 6.34. The van der Waals surface area contributed by atoms with E-state index in [1.807, 2.05) is 6.07 Å². The average Bonchev–Trinajstić information content (AvgIpc) is 2.53. The Kier molecular flexibility index (Phi) is 3.86. The lowest BCUT2D eigenvalue weighted by molar-refractivity contribution is -0.132. The van der Waals surface area contributed by atoms with Gasteiger partial charge in [0.15, 0.2) is 11.4 Å². The third kappa shape index (κ3) is 2.94. The molecule has 2 aromatic carbocycles. The van der Waals surface area contributed by atoms with Gasteiger partial charge in [0, 0.05) is 10.6 Å². The number of Topliss-reactive ketones (excluding diaryl/α,β-unsaturated/α-hetero) is 1. The summed E-state index contributed by atoms with van der Waals surface area (Å²) in [6.07, 6.45) is 0. The zero-order valence-electron chi connectivity index (χ0n) is 12.9. The summed E-state index contributed by atoms with van der Waals surface area (Å²) in [5, 5.41) is 0.483. The van der Waals surface area contributed by atoms with Gasteiger partial charge in [-0.25, -0.2) is 0 Å². The van der Waals surface area contributed by atoms with E-state index in [2.05, 4.69) is 0 Å². The Morgan fingerprint density at radius 2 is 1.87 bits per heavy atom. The van der Waals surface area contributed by atoms with E-state index in [1.165, 1.54) is 4.90 Å².